The van der Waals surface area contributed by atoms with Gasteiger partial charge < -0.3 is 25.4 Å². The molecule has 8 heteroatoms. The summed E-state index contributed by atoms with van der Waals surface area (Å²) in [7, 11) is 0. The van der Waals surface area contributed by atoms with Gasteiger partial charge in [-0.3, -0.25) is 14.4 Å². The third-order valence-corrected chi connectivity index (χ3v) is 6.88. The number of fused-ring (bicyclic) bond motifs is 1. The number of amides is 3. The molecule has 164 valence electrons. The fourth-order valence-corrected chi connectivity index (χ4v) is 5.64. The number of ether oxygens (including phenoxy) is 1. The first kappa shape index (κ1) is 22.0. The Morgan fingerprint density at radius 1 is 1.34 bits per heavy atom. The van der Waals surface area contributed by atoms with Crippen molar-refractivity contribution < 1.29 is 24.2 Å². The molecule has 0 aromatic carbocycles. The van der Waals surface area contributed by atoms with E-state index in [-0.39, 0.29) is 42.8 Å². The molecule has 3 fully saturated rings. The van der Waals surface area contributed by atoms with Crippen LogP contribution < -0.4 is 10.6 Å². The van der Waals surface area contributed by atoms with Crippen molar-refractivity contribution in [1.82, 2.24) is 15.5 Å². The smallest absolute Gasteiger partial charge is 0.246 e. The predicted octanol–water partition coefficient (Wildman–Crippen LogP) is 0.430. The summed E-state index contributed by atoms with van der Waals surface area (Å²) in [6.07, 6.45) is 1.74. The summed E-state index contributed by atoms with van der Waals surface area (Å²) in [6.45, 7) is 10.4. The fourth-order valence-electron chi connectivity index (χ4n) is 5.64. The lowest BCUT2D eigenvalue weighted by molar-refractivity contribution is -0.147. The Morgan fingerprint density at radius 2 is 2.03 bits per heavy atom. The molecule has 0 aromatic heterocycles. The molecular weight excluding hydrogens is 374 g/mol. The van der Waals surface area contributed by atoms with Gasteiger partial charge in [0.2, 0.25) is 17.7 Å². The lowest BCUT2D eigenvalue weighted by atomic mass is 9.62. The van der Waals surface area contributed by atoms with Crippen LogP contribution >= 0.6 is 0 Å². The molecule has 3 amide bonds. The van der Waals surface area contributed by atoms with Crippen molar-refractivity contribution >= 4 is 17.7 Å². The van der Waals surface area contributed by atoms with E-state index < -0.39 is 29.1 Å². The van der Waals surface area contributed by atoms with Crippen molar-refractivity contribution in [2.24, 2.45) is 17.8 Å². The van der Waals surface area contributed by atoms with Gasteiger partial charge in [0.1, 0.15) is 11.6 Å². The maximum atomic E-state index is 13.5. The zero-order valence-electron chi connectivity index (χ0n) is 18.2. The summed E-state index contributed by atoms with van der Waals surface area (Å²) in [5, 5.41) is 15.2. The molecule has 3 aliphatic heterocycles. The second kappa shape index (κ2) is 7.87. The van der Waals surface area contributed by atoms with E-state index in [0.717, 1.165) is 6.42 Å². The zero-order valence-corrected chi connectivity index (χ0v) is 18.2. The zero-order chi connectivity index (χ0) is 21.6. The second-order valence-corrected chi connectivity index (χ2v) is 9.27. The summed E-state index contributed by atoms with van der Waals surface area (Å²) in [4.78, 5) is 41.4. The van der Waals surface area contributed by atoms with Gasteiger partial charge in [-0.15, -0.1) is 0 Å². The third-order valence-electron chi connectivity index (χ3n) is 6.88. The Labute approximate surface area is 172 Å². The molecule has 8 nitrogen and oxygen atoms in total. The fraction of sp³-hybridized carbons (Fsp3) is 0.857. The summed E-state index contributed by atoms with van der Waals surface area (Å²) in [5.74, 6) is -1.90. The first-order chi connectivity index (χ1) is 13.6. The van der Waals surface area contributed by atoms with E-state index in [4.69, 9.17) is 4.74 Å². The SMILES string of the molecule is CCCNC(=O)[C@@H]1[C@H]2C(=O)N(CCCO)C(C(=O)NC(C)C)C23CC(C)[C@@]1(C)O3. The quantitative estimate of drug-likeness (QED) is 0.539. The highest BCUT2D eigenvalue weighted by Crippen LogP contribution is 2.65. The molecule has 3 N–H and O–H groups in total. The minimum atomic E-state index is -1.01. The minimum absolute atomic E-state index is 0.0380. The van der Waals surface area contributed by atoms with Gasteiger partial charge in [-0.1, -0.05) is 13.8 Å². The normalized spacial score (nSPS) is 37.9. The maximum Gasteiger partial charge on any atom is 0.246 e. The lowest BCUT2D eigenvalue weighted by Crippen LogP contribution is -2.56. The van der Waals surface area contributed by atoms with E-state index in [9.17, 15) is 19.5 Å². The number of rotatable bonds is 8. The van der Waals surface area contributed by atoms with Crippen LogP contribution in [-0.2, 0) is 19.1 Å². The first-order valence-electron chi connectivity index (χ1n) is 10.8. The molecule has 3 saturated heterocycles. The Morgan fingerprint density at radius 3 is 2.62 bits per heavy atom. The van der Waals surface area contributed by atoms with Crippen molar-refractivity contribution in [2.75, 3.05) is 19.7 Å². The van der Waals surface area contributed by atoms with Gasteiger partial charge in [-0.2, -0.15) is 0 Å². The number of likely N-dealkylation sites (tertiary alicyclic amines) is 1. The van der Waals surface area contributed by atoms with Gasteiger partial charge in [0, 0.05) is 25.7 Å². The Bertz CT molecular complexity index is 683. The van der Waals surface area contributed by atoms with Gasteiger partial charge in [0.05, 0.1) is 17.4 Å². The number of aliphatic hydroxyl groups is 1. The molecule has 3 aliphatic rings. The monoisotopic (exact) mass is 409 g/mol. The standard InChI is InChI=1S/C21H35N3O5/c1-6-8-22-17(26)14-15-19(28)24(9-7-10-25)16(18(27)23-12(2)3)21(15)11-13(4)20(14,5)29-21/h12-16,25H,6-11H2,1-5H3,(H,22,26)(H,23,27)/t13?,14-,15-,16?,20+,21?/m0/s1. The Balaban J connectivity index is 2.03. The minimum Gasteiger partial charge on any atom is -0.396 e. The molecule has 3 heterocycles. The highest BCUT2D eigenvalue weighted by Gasteiger charge is 2.79. The van der Waals surface area contributed by atoms with E-state index in [2.05, 4.69) is 10.6 Å². The average Bonchev–Trinajstić information content (AvgIpc) is 3.14. The number of hydrogen-bond donors (Lipinski definition) is 3. The molecule has 0 aromatic rings. The number of hydrogen-bond acceptors (Lipinski definition) is 5. The Kier molecular flexibility index (Phi) is 5.98. The first-order valence-corrected chi connectivity index (χ1v) is 10.8. The van der Waals surface area contributed by atoms with Crippen molar-refractivity contribution in [3.63, 3.8) is 0 Å². The summed E-state index contributed by atoms with van der Waals surface area (Å²) in [6, 6.07) is -0.870. The molecular formula is C21H35N3O5. The largest absolute Gasteiger partial charge is 0.396 e. The molecule has 3 rings (SSSR count). The van der Waals surface area contributed by atoms with Crippen molar-refractivity contribution in [3.8, 4) is 0 Å². The van der Waals surface area contributed by atoms with Crippen molar-refractivity contribution in [3.05, 3.63) is 0 Å². The van der Waals surface area contributed by atoms with Crippen LogP contribution in [0.15, 0.2) is 0 Å². The van der Waals surface area contributed by atoms with E-state index in [0.29, 0.717) is 19.4 Å². The van der Waals surface area contributed by atoms with Crippen molar-refractivity contribution in [1.29, 1.82) is 0 Å². The maximum absolute atomic E-state index is 13.5. The molecule has 29 heavy (non-hydrogen) atoms. The Hall–Kier alpha value is -1.67. The van der Waals surface area contributed by atoms with Crippen LogP contribution in [-0.4, -0.2) is 70.7 Å². The molecule has 0 radical (unpaired) electrons. The third kappa shape index (κ3) is 3.24. The van der Waals surface area contributed by atoms with E-state index >= 15 is 0 Å². The molecule has 0 aliphatic carbocycles. The van der Waals surface area contributed by atoms with Gasteiger partial charge in [-0.25, -0.2) is 0 Å². The van der Waals surface area contributed by atoms with E-state index in [1.54, 1.807) is 0 Å². The van der Waals surface area contributed by atoms with Crippen LogP contribution in [0.2, 0.25) is 0 Å². The van der Waals surface area contributed by atoms with Crippen LogP contribution in [0.3, 0.4) is 0 Å². The number of nitrogens with zero attached hydrogens (tertiary/aromatic N) is 1. The number of carbonyl (C=O) groups excluding carboxylic acids is 3. The molecule has 3 unspecified atom stereocenters. The van der Waals surface area contributed by atoms with Gasteiger partial charge in [0.25, 0.3) is 0 Å². The van der Waals surface area contributed by atoms with Crippen LogP contribution in [0.4, 0.5) is 0 Å². The van der Waals surface area contributed by atoms with Crippen LogP contribution in [0.5, 0.6) is 0 Å². The summed E-state index contributed by atoms with van der Waals surface area (Å²) < 4.78 is 6.55. The van der Waals surface area contributed by atoms with Gasteiger partial charge in [0.15, 0.2) is 0 Å². The second-order valence-electron chi connectivity index (χ2n) is 9.27. The van der Waals surface area contributed by atoms with Crippen LogP contribution in [0, 0.1) is 17.8 Å². The number of carbonyl (C=O) groups is 3. The van der Waals surface area contributed by atoms with Crippen LogP contribution in [0.25, 0.3) is 0 Å². The molecule has 2 bridgehead atoms. The predicted molar refractivity (Wildman–Crippen MR) is 107 cm³/mol. The van der Waals surface area contributed by atoms with Gasteiger partial charge >= 0.3 is 0 Å². The number of aliphatic hydroxyl groups excluding tert-OH is 1. The van der Waals surface area contributed by atoms with Crippen molar-refractivity contribution in [2.45, 2.75) is 77.2 Å². The highest BCUT2D eigenvalue weighted by molar-refractivity contribution is 5.99. The molecule has 0 saturated carbocycles. The lowest BCUT2D eigenvalue weighted by Gasteiger charge is -2.36. The summed E-state index contributed by atoms with van der Waals surface area (Å²) in [5.41, 5.74) is -1.79. The van der Waals surface area contributed by atoms with Gasteiger partial charge in [-0.05, 0) is 46.0 Å². The average molecular weight is 410 g/mol. The summed E-state index contributed by atoms with van der Waals surface area (Å²) >= 11 is 0. The topological polar surface area (TPSA) is 108 Å². The molecule has 6 atom stereocenters. The van der Waals surface area contributed by atoms with E-state index in [1.807, 2.05) is 34.6 Å². The van der Waals surface area contributed by atoms with E-state index in [1.165, 1.54) is 4.90 Å². The van der Waals surface area contributed by atoms with Crippen LogP contribution in [0.1, 0.15) is 53.9 Å². The number of nitrogens with one attached hydrogen (secondary N) is 2. The highest BCUT2D eigenvalue weighted by atomic mass is 16.5. The molecule has 1 spiro atoms.